The molecule has 0 spiro atoms. The number of hydrogen-bond acceptors (Lipinski definition) is 5. The number of carbonyl (C=O) groups excluding carboxylic acids is 2. The molecule has 1 aliphatic heterocycles. The van der Waals surface area contributed by atoms with Gasteiger partial charge in [0.2, 0.25) is 5.91 Å². The van der Waals surface area contributed by atoms with Crippen molar-refractivity contribution in [2.24, 2.45) is 0 Å². The normalized spacial score (nSPS) is 13.3. The van der Waals surface area contributed by atoms with Gasteiger partial charge in [-0.1, -0.05) is 45.9 Å². The van der Waals surface area contributed by atoms with E-state index in [9.17, 15) is 18.0 Å². The molecule has 0 saturated carbocycles. The highest BCUT2D eigenvalue weighted by atomic mass is 35.5. The highest BCUT2D eigenvalue weighted by Crippen LogP contribution is 2.32. The van der Waals surface area contributed by atoms with Crippen LogP contribution in [-0.2, 0) is 14.8 Å². The predicted octanol–water partition coefficient (Wildman–Crippen LogP) is 4.53. The summed E-state index contributed by atoms with van der Waals surface area (Å²) in [5, 5.41) is 3.09. The molecule has 3 aromatic rings. The lowest BCUT2D eigenvalue weighted by molar-refractivity contribution is -0.129. The summed E-state index contributed by atoms with van der Waals surface area (Å²) < 4.78 is 27.8. The van der Waals surface area contributed by atoms with Crippen molar-refractivity contribution in [2.75, 3.05) is 24.1 Å². The Hall–Kier alpha value is -3.27. The summed E-state index contributed by atoms with van der Waals surface area (Å²) in [6.07, 6.45) is 1.92. The molecule has 1 saturated heterocycles. The van der Waals surface area contributed by atoms with Crippen LogP contribution in [0.2, 0.25) is 10.0 Å². The zero-order chi connectivity index (χ0) is 25.7. The van der Waals surface area contributed by atoms with E-state index in [1.54, 1.807) is 35.2 Å². The molecule has 0 bridgehead atoms. The molecule has 1 fully saturated rings. The summed E-state index contributed by atoms with van der Waals surface area (Å²) in [7, 11) is -4.23. The van der Waals surface area contributed by atoms with Crippen LogP contribution in [0.4, 0.5) is 5.69 Å². The fourth-order valence-electron chi connectivity index (χ4n) is 3.64. The third kappa shape index (κ3) is 5.92. The molecular weight excluding hydrogens is 525 g/mol. The number of carbonyl (C=O) groups is 2. The zero-order valence-corrected chi connectivity index (χ0v) is 21.4. The Morgan fingerprint density at radius 2 is 1.61 bits per heavy atom. The van der Waals surface area contributed by atoms with Crippen LogP contribution < -0.4 is 14.6 Å². The summed E-state index contributed by atoms with van der Waals surface area (Å²) >= 11 is 12.1. The summed E-state index contributed by atoms with van der Waals surface area (Å²) in [5.74, 6) is -0.528. The average Bonchev–Trinajstić information content (AvgIpc) is 3.42. The Kier molecular flexibility index (Phi) is 8.03. The third-order valence-electron chi connectivity index (χ3n) is 5.53. The molecule has 0 aromatic heterocycles. The van der Waals surface area contributed by atoms with Gasteiger partial charge in [-0.3, -0.25) is 9.59 Å². The van der Waals surface area contributed by atoms with Crippen LogP contribution in [-0.4, -0.2) is 44.8 Å². The van der Waals surface area contributed by atoms with Gasteiger partial charge in [0.05, 0.1) is 22.2 Å². The molecule has 0 aliphatic carbocycles. The second-order valence-corrected chi connectivity index (χ2v) is 10.6. The molecule has 1 aliphatic rings. The van der Waals surface area contributed by atoms with E-state index in [0.717, 1.165) is 17.3 Å². The number of anilines is 1. The molecule has 0 unspecified atom stereocenters. The number of rotatable bonds is 8. The third-order valence-corrected chi connectivity index (χ3v) is 7.65. The van der Waals surface area contributed by atoms with Crippen LogP contribution in [0.5, 0.6) is 5.75 Å². The van der Waals surface area contributed by atoms with Crippen LogP contribution in [0.25, 0.3) is 0 Å². The standard InChI is InChI=1S/C25H23Cl2N3O5S/c26-19-10-13-23(22(27)16-19)35-30(20-6-2-1-3-7-20)36(33,34)21-11-8-18(9-12-21)25(32)28-17-24(31)29-14-4-5-15-29/h1-3,6-13,16H,4-5,14-15,17H2,(H,28,32). The number of likely N-dealkylation sites (tertiary alicyclic amines) is 1. The van der Waals surface area contributed by atoms with Crippen molar-refractivity contribution in [3.8, 4) is 5.75 Å². The number of halogens is 2. The van der Waals surface area contributed by atoms with Crippen LogP contribution in [0.15, 0.2) is 77.7 Å². The lowest BCUT2D eigenvalue weighted by Crippen LogP contribution is -2.38. The first-order valence-electron chi connectivity index (χ1n) is 11.1. The van der Waals surface area contributed by atoms with Gasteiger partial charge in [0.25, 0.3) is 15.9 Å². The predicted molar refractivity (Wildman–Crippen MR) is 138 cm³/mol. The number of benzene rings is 3. The monoisotopic (exact) mass is 547 g/mol. The van der Waals surface area contributed by atoms with E-state index in [1.807, 2.05) is 0 Å². The summed E-state index contributed by atoms with van der Waals surface area (Å²) in [4.78, 5) is 32.0. The first kappa shape index (κ1) is 25.8. The molecule has 2 amide bonds. The smallest absolute Gasteiger partial charge is 0.295 e. The minimum absolute atomic E-state index is 0.0900. The second-order valence-electron chi connectivity index (χ2n) is 8.03. The van der Waals surface area contributed by atoms with E-state index in [2.05, 4.69) is 5.32 Å². The van der Waals surface area contributed by atoms with Gasteiger partial charge < -0.3 is 15.1 Å². The molecule has 4 rings (SSSR count). The Morgan fingerprint density at radius 3 is 2.25 bits per heavy atom. The van der Waals surface area contributed by atoms with Crippen LogP contribution in [0.1, 0.15) is 23.2 Å². The Labute approximate surface area is 219 Å². The molecule has 8 nitrogen and oxygen atoms in total. The Morgan fingerprint density at radius 1 is 0.944 bits per heavy atom. The number of para-hydroxylation sites is 1. The highest BCUT2D eigenvalue weighted by Gasteiger charge is 2.28. The maximum atomic E-state index is 13.5. The summed E-state index contributed by atoms with van der Waals surface area (Å²) in [5.41, 5.74) is 0.460. The first-order chi connectivity index (χ1) is 17.3. The Bertz CT molecular complexity index is 1350. The van der Waals surface area contributed by atoms with E-state index in [-0.39, 0.29) is 39.4 Å². The SMILES string of the molecule is O=C(NCC(=O)N1CCCC1)c1ccc(S(=O)(=O)N(Oc2ccc(Cl)cc2Cl)c2ccccc2)cc1. The van der Waals surface area contributed by atoms with E-state index in [4.69, 9.17) is 28.0 Å². The molecule has 188 valence electrons. The number of nitrogens with one attached hydrogen (secondary N) is 1. The zero-order valence-electron chi connectivity index (χ0n) is 19.1. The molecule has 0 radical (unpaired) electrons. The molecule has 36 heavy (non-hydrogen) atoms. The van der Waals surface area contributed by atoms with Gasteiger partial charge in [-0.05, 0) is 67.4 Å². The fraction of sp³-hybridized carbons (Fsp3) is 0.200. The first-order valence-corrected chi connectivity index (χ1v) is 13.3. The fourth-order valence-corrected chi connectivity index (χ4v) is 5.33. The van der Waals surface area contributed by atoms with E-state index in [1.165, 1.54) is 42.5 Å². The van der Waals surface area contributed by atoms with Gasteiger partial charge in [0.15, 0.2) is 5.75 Å². The van der Waals surface area contributed by atoms with Crippen LogP contribution >= 0.6 is 23.2 Å². The molecular formula is C25H23Cl2N3O5S. The molecule has 1 heterocycles. The maximum absolute atomic E-state index is 13.5. The lowest BCUT2D eigenvalue weighted by Gasteiger charge is -2.24. The van der Waals surface area contributed by atoms with Gasteiger partial charge in [-0.25, -0.2) is 0 Å². The van der Waals surface area contributed by atoms with Crippen molar-refractivity contribution < 1.29 is 22.8 Å². The van der Waals surface area contributed by atoms with E-state index >= 15 is 0 Å². The van der Waals surface area contributed by atoms with Crippen molar-refractivity contribution >= 4 is 50.7 Å². The number of sulfonamides is 1. The second kappa shape index (κ2) is 11.2. The minimum Gasteiger partial charge on any atom is -0.363 e. The average molecular weight is 548 g/mol. The Balaban J connectivity index is 1.54. The van der Waals surface area contributed by atoms with Crippen LogP contribution in [0, 0.1) is 0 Å². The summed E-state index contributed by atoms with van der Waals surface area (Å²) in [6.45, 7) is 1.28. The number of nitrogens with zero attached hydrogens (tertiary/aromatic N) is 2. The van der Waals surface area contributed by atoms with Crippen molar-refractivity contribution in [3.05, 3.63) is 88.4 Å². The maximum Gasteiger partial charge on any atom is 0.295 e. The largest absolute Gasteiger partial charge is 0.363 e. The summed E-state index contributed by atoms with van der Waals surface area (Å²) in [6, 6.07) is 18.0. The topological polar surface area (TPSA) is 96.0 Å². The van der Waals surface area contributed by atoms with E-state index < -0.39 is 15.9 Å². The highest BCUT2D eigenvalue weighted by molar-refractivity contribution is 7.92. The molecule has 1 N–H and O–H groups in total. The van der Waals surface area contributed by atoms with Gasteiger partial charge in [-0.15, -0.1) is 0 Å². The number of amides is 2. The van der Waals surface area contributed by atoms with Gasteiger partial charge in [0, 0.05) is 23.7 Å². The van der Waals surface area contributed by atoms with Crippen molar-refractivity contribution in [1.82, 2.24) is 10.2 Å². The van der Waals surface area contributed by atoms with Crippen molar-refractivity contribution in [2.45, 2.75) is 17.7 Å². The van der Waals surface area contributed by atoms with Gasteiger partial charge in [0.1, 0.15) is 0 Å². The quantitative estimate of drug-likeness (QED) is 0.418. The van der Waals surface area contributed by atoms with E-state index in [0.29, 0.717) is 18.1 Å². The molecule has 0 atom stereocenters. The lowest BCUT2D eigenvalue weighted by atomic mass is 10.2. The van der Waals surface area contributed by atoms with Gasteiger partial charge in [-0.2, -0.15) is 8.42 Å². The van der Waals surface area contributed by atoms with Crippen LogP contribution in [0.3, 0.4) is 0 Å². The van der Waals surface area contributed by atoms with Gasteiger partial charge >= 0.3 is 0 Å². The molecule has 3 aromatic carbocycles. The minimum atomic E-state index is -4.23. The van der Waals surface area contributed by atoms with Crippen molar-refractivity contribution in [3.63, 3.8) is 0 Å². The number of hydrogen-bond donors (Lipinski definition) is 1. The van der Waals surface area contributed by atoms with Crippen molar-refractivity contribution in [1.29, 1.82) is 0 Å². The molecule has 11 heteroatoms.